The Bertz CT molecular complexity index is 930. The Balaban J connectivity index is 1.67. The molecule has 1 N–H and O–H groups in total. The number of nitrogens with one attached hydrogen (secondary N) is 1. The number of carbonyl (C=O) groups excluding carboxylic acids is 1. The van der Waals surface area contributed by atoms with Crippen LogP contribution in [0.25, 0.3) is 0 Å². The first-order valence-electron chi connectivity index (χ1n) is 9.91. The molecule has 1 fully saturated rings. The summed E-state index contributed by atoms with van der Waals surface area (Å²) in [4.78, 5) is 14.3. The molecule has 0 saturated carbocycles. The number of morpholine rings is 1. The summed E-state index contributed by atoms with van der Waals surface area (Å²) in [7, 11) is 1.19. The Kier molecular flexibility index (Phi) is 7.03. The van der Waals surface area contributed by atoms with Gasteiger partial charge in [0.2, 0.25) is 0 Å². The number of carbonyl (C=O) groups is 1. The molecule has 3 rings (SSSR count). The van der Waals surface area contributed by atoms with Crippen LogP contribution >= 0.6 is 0 Å². The SMILES string of the molecule is COC(=O)c1c(F)cc(C#N)cc1NCc1ccc(CN2C[C@@H](C)O[C@H](C)C2)cc1. The third kappa shape index (κ3) is 5.35. The molecule has 0 radical (unpaired) electrons. The number of hydrogen-bond donors (Lipinski definition) is 1. The average molecular weight is 411 g/mol. The third-order valence-electron chi connectivity index (χ3n) is 5.02. The first-order chi connectivity index (χ1) is 14.4. The number of anilines is 1. The van der Waals surface area contributed by atoms with E-state index in [2.05, 4.69) is 40.9 Å². The lowest BCUT2D eigenvalue weighted by Gasteiger charge is -2.35. The monoisotopic (exact) mass is 411 g/mol. The summed E-state index contributed by atoms with van der Waals surface area (Å²) in [6.07, 6.45) is 0.455. The molecule has 158 valence electrons. The van der Waals surface area contributed by atoms with E-state index in [-0.39, 0.29) is 29.0 Å². The summed E-state index contributed by atoms with van der Waals surface area (Å²) < 4.78 is 24.7. The van der Waals surface area contributed by atoms with Crippen molar-refractivity contribution in [2.45, 2.75) is 39.1 Å². The fourth-order valence-electron chi connectivity index (χ4n) is 3.75. The van der Waals surface area contributed by atoms with Crippen LogP contribution in [0.2, 0.25) is 0 Å². The highest BCUT2D eigenvalue weighted by atomic mass is 19.1. The number of nitrogens with zero attached hydrogens (tertiary/aromatic N) is 2. The molecule has 1 aliphatic heterocycles. The van der Waals surface area contributed by atoms with Crippen molar-refractivity contribution in [3.63, 3.8) is 0 Å². The maximum Gasteiger partial charge on any atom is 0.342 e. The van der Waals surface area contributed by atoms with Gasteiger partial charge in [0.15, 0.2) is 0 Å². The van der Waals surface area contributed by atoms with Crippen molar-refractivity contribution in [3.05, 3.63) is 64.5 Å². The number of esters is 1. The van der Waals surface area contributed by atoms with Gasteiger partial charge >= 0.3 is 5.97 Å². The minimum absolute atomic E-state index is 0.131. The van der Waals surface area contributed by atoms with Gasteiger partial charge < -0.3 is 14.8 Å². The molecule has 2 atom stereocenters. The second-order valence-corrected chi connectivity index (χ2v) is 7.61. The molecule has 0 spiro atoms. The number of nitriles is 1. The van der Waals surface area contributed by atoms with E-state index in [0.29, 0.717) is 6.54 Å². The maximum atomic E-state index is 14.3. The highest BCUT2D eigenvalue weighted by Gasteiger charge is 2.22. The van der Waals surface area contributed by atoms with E-state index in [9.17, 15) is 9.18 Å². The van der Waals surface area contributed by atoms with Gasteiger partial charge in [0.05, 0.1) is 36.6 Å². The number of hydrogen-bond acceptors (Lipinski definition) is 6. The first kappa shape index (κ1) is 21.8. The molecular weight excluding hydrogens is 385 g/mol. The van der Waals surface area contributed by atoms with Gasteiger partial charge in [-0.25, -0.2) is 9.18 Å². The van der Waals surface area contributed by atoms with E-state index in [1.807, 2.05) is 18.2 Å². The molecule has 0 unspecified atom stereocenters. The summed E-state index contributed by atoms with van der Waals surface area (Å²) in [6.45, 7) is 7.22. The van der Waals surface area contributed by atoms with Gasteiger partial charge in [-0.05, 0) is 37.1 Å². The highest BCUT2D eigenvalue weighted by Crippen LogP contribution is 2.23. The first-order valence-corrected chi connectivity index (χ1v) is 9.91. The van der Waals surface area contributed by atoms with E-state index in [1.54, 1.807) is 0 Å². The summed E-state index contributed by atoms with van der Waals surface area (Å²) in [5.74, 6) is -1.57. The number of methoxy groups -OCH3 is 1. The third-order valence-corrected chi connectivity index (χ3v) is 5.02. The van der Waals surface area contributed by atoms with Gasteiger partial charge in [0.25, 0.3) is 0 Å². The van der Waals surface area contributed by atoms with Crippen molar-refractivity contribution in [3.8, 4) is 6.07 Å². The zero-order valence-electron chi connectivity index (χ0n) is 17.4. The predicted molar refractivity (Wildman–Crippen MR) is 112 cm³/mol. The van der Waals surface area contributed by atoms with Gasteiger partial charge in [0.1, 0.15) is 11.4 Å². The van der Waals surface area contributed by atoms with E-state index >= 15 is 0 Å². The second kappa shape index (κ2) is 9.70. The Labute approximate surface area is 176 Å². The van der Waals surface area contributed by atoms with Gasteiger partial charge in [-0.1, -0.05) is 24.3 Å². The molecule has 2 aromatic rings. The molecule has 1 saturated heterocycles. The Morgan fingerprint density at radius 2 is 1.87 bits per heavy atom. The molecule has 0 bridgehead atoms. The summed E-state index contributed by atoms with van der Waals surface area (Å²) in [5, 5.41) is 12.1. The van der Waals surface area contributed by atoms with Crippen LogP contribution in [0.1, 0.15) is 40.9 Å². The molecule has 7 heteroatoms. The standard InChI is InChI=1S/C23H26FN3O3/c1-15-12-27(13-16(2)30-15)14-18-6-4-17(5-7-18)11-26-21-9-19(10-25)8-20(24)22(21)23(28)29-3/h4-9,15-16,26H,11-14H2,1-3H3/t15-,16-/m1/s1. The largest absolute Gasteiger partial charge is 0.465 e. The number of halogens is 1. The van der Waals surface area contributed by atoms with Crippen LogP contribution in [0.3, 0.4) is 0 Å². The van der Waals surface area contributed by atoms with Crippen LogP contribution < -0.4 is 5.32 Å². The Morgan fingerprint density at radius 3 is 2.47 bits per heavy atom. The Hall–Kier alpha value is -2.95. The van der Waals surface area contributed by atoms with Crippen LogP contribution in [0.15, 0.2) is 36.4 Å². The zero-order valence-corrected chi connectivity index (χ0v) is 17.4. The summed E-state index contributed by atoms with van der Waals surface area (Å²) in [5.41, 5.74) is 2.34. The second-order valence-electron chi connectivity index (χ2n) is 7.61. The summed E-state index contributed by atoms with van der Waals surface area (Å²) >= 11 is 0. The van der Waals surface area contributed by atoms with Crippen molar-refractivity contribution >= 4 is 11.7 Å². The van der Waals surface area contributed by atoms with Crippen molar-refractivity contribution in [2.75, 3.05) is 25.5 Å². The van der Waals surface area contributed by atoms with Crippen LogP contribution in [-0.4, -0.2) is 43.3 Å². The molecule has 6 nitrogen and oxygen atoms in total. The number of benzene rings is 2. The molecule has 0 amide bonds. The molecule has 1 heterocycles. The normalized spacial score (nSPS) is 19.2. The lowest BCUT2D eigenvalue weighted by atomic mass is 10.1. The fraction of sp³-hybridized carbons (Fsp3) is 0.391. The fourth-order valence-corrected chi connectivity index (χ4v) is 3.75. The highest BCUT2D eigenvalue weighted by molar-refractivity contribution is 5.96. The molecule has 1 aliphatic rings. The molecule has 2 aromatic carbocycles. The van der Waals surface area contributed by atoms with E-state index < -0.39 is 11.8 Å². The van der Waals surface area contributed by atoms with Gasteiger partial charge in [-0.2, -0.15) is 5.26 Å². The lowest BCUT2D eigenvalue weighted by Crippen LogP contribution is -2.44. The molecule has 30 heavy (non-hydrogen) atoms. The molecule has 0 aromatic heterocycles. The quantitative estimate of drug-likeness (QED) is 0.731. The predicted octanol–water partition coefficient (Wildman–Crippen LogP) is 3.71. The average Bonchev–Trinajstić information content (AvgIpc) is 2.71. The molecule has 0 aliphatic carbocycles. The minimum Gasteiger partial charge on any atom is -0.465 e. The van der Waals surface area contributed by atoms with Crippen molar-refractivity contribution in [1.82, 2.24) is 4.90 Å². The van der Waals surface area contributed by atoms with E-state index in [0.717, 1.165) is 31.3 Å². The van der Waals surface area contributed by atoms with Crippen molar-refractivity contribution < 1.29 is 18.7 Å². The Morgan fingerprint density at radius 1 is 1.23 bits per heavy atom. The summed E-state index contributed by atoms with van der Waals surface area (Å²) in [6, 6.07) is 12.5. The van der Waals surface area contributed by atoms with Crippen LogP contribution in [0.4, 0.5) is 10.1 Å². The van der Waals surface area contributed by atoms with Crippen molar-refractivity contribution in [1.29, 1.82) is 5.26 Å². The van der Waals surface area contributed by atoms with Gasteiger partial charge in [-0.15, -0.1) is 0 Å². The van der Waals surface area contributed by atoms with Gasteiger partial charge in [-0.3, -0.25) is 4.90 Å². The number of rotatable bonds is 6. The lowest BCUT2D eigenvalue weighted by molar-refractivity contribution is -0.0704. The minimum atomic E-state index is -0.788. The van der Waals surface area contributed by atoms with Gasteiger partial charge in [0, 0.05) is 26.2 Å². The maximum absolute atomic E-state index is 14.3. The topological polar surface area (TPSA) is 74.6 Å². The zero-order chi connectivity index (χ0) is 21.7. The number of ether oxygens (including phenoxy) is 2. The van der Waals surface area contributed by atoms with Crippen LogP contribution in [0, 0.1) is 17.1 Å². The smallest absolute Gasteiger partial charge is 0.342 e. The molecular formula is C23H26FN3O3. The van der Waals surface area contributed by atoms with Crippen molar-refractivity contribution in [2.24, 2.45) is 0 Å². The van der Waals surface area contributed by atoms with E-state index in [4.69, 9.17) is 10.00 Å². The van der Waals surface area contributed by atoms with E-state index in [1.165, 1.54) is 18.7 Å². The van der Waals surface area contributed by atoms with Crippen LogP contribution in [0.5, 0.6) is 0 Å². The van der Waals surface area contributed by atoms with Crippen LogP contribution in [-0.2, 0) is 22.6 Å².